The van der Waals surface area contributed by atoms with E-state index in [0.717, 1.165) is 4.90 Å². The van der Waals surface area contributed by atoms with Gasteiger partial charge in [-0.1, -0.05) is 22.0 Å². The maximum Gasteiger partial charge on any atom is 0.407 e. The van der Waals surface area contributed by atoms with Crippen LogP contribution in [0.1, 0.15) is 39.0 Å². The standard InChI is InChI=1S/C29H37BrN2O10S2/c1-2-40-26-9-6-20(30)14-27(26)44(38,39)31-12-10-29(11-13-31)16-21(18-42-29)32(28(34)35)17-22(33)19-41-23-4-3-5-25(15-23)43(36,37)24-7-8-24/h3-6,9,14-15,21-22,24,33H,2,7-8,10-13,16-19H2,1H3,(H,34,35)/t21-,22-/m0/s1. The summed E-state index contributed by atoms with van der Waals surface area (Å²) in [7, 11) is -7.25. The number of sulfone groups is 1. The molecule has 0 unspecified atom stereocenters. The fourth-order valence-electron chi connectivity index (χ4n) is 5.77. The fraction of sp³-hybridized carbons (Fsp3) is 0.552. The number of carbonyl (C=O) groups is 1. The molecule has 2 heterocycles. The van der Waals surface area contributed by atoms with Crippen molar-refractivity contribution in [1.82, 2.24) is 9.21 Å². The summed E-state index contributed by atoms with van der Waals surface area (Å²) in [5.41, 5.74) is -0.681. The Bertz CT molecular complexity index is 1570. The number of ether oxygens (including phenoxy) is 3. The largest absolute Gasteiger partial charge is 0.492 e. The van der Waals surface area contributed by atoms with Crippen molar-refractivity contribution >= 4 is 41.9 Å². The Hall–Kier alpha value is -2.43. The van der Waals surface area contributed by atoms with Crippen molar-refractivity contribution in [3.8, 4) is 11.5 Å². The number of amides is 1. The van der Waals surface area contributed by atoms with E-state index in [0.29, 0.717) is 43.2 Å². The van der Waals surface area contributed by atoms with Crippen LogP contribution in [0.5, 0.6) is 11.5 Å². The molecular weight excluding hydrogens is 680 g/mol. The molecule has 2 aliphatic heterocycles. The third-order valence-corrected chi connectivity index (χ3v) is 13.0. The molecule has 0 radical (unpaired) electrons. The zero-order chi connectivity index (χ0) is 31.7. The van der Waals surface area contributed by atoms with Crippen LogP contribution in [0.25, 0.3) is 0 Å². The van der Waals surface area contributed by atoms with E-state index < -0.39 is 43.7 Å². The van der Waals surface area contributed by atoms with Crippen LogP contribution in [0, 0.1) is 0 Å². The third-order valence-electron chi connectivity index (χ3n) is 8.28. The van der Waals surface area contributed by atoms with Gasteiger partial charge < -0.3 is 29.3 Å². The van der Waals surface area contributed by atoms with Crippen LogP contribution >= 0.6 is 15.9 Å². The van der Waals surface area contributed by atoms with Gasteiger partial charge in [0, 0.05) is 17.6 Å². The normalized spacial score (nSPS) is 21.2. The molecular formula is C29H37BrN2O10S2. The Balaban J connectivity index is 1.17. The minimum absolute atomic E-state index is 0.0828. The SMILES string of the molecule is CCOc1ccc(Br)cc1S(=O)(=O)N1CCC2(CC1)C[C@H](N(C[C@H](O)COc1cccc(S(=O)(=O)C3CC3)c1)C(=O)O)CO2. The van der Waals surface area contributed by atoms with Gasteiger partial charge in [0.1, 0.15) is 29.1 Å². The van der Waals surface area contributed by atoms with Crippen LogP contribution < -0.4 is 9.47 Å². The quantitative estimate of drug-likeness (QED) is 0.333. The Morgan fingerprint density at radius 2 is 1.86 bits per heavy atom. The number of sulfonamides is 1. The lowest BCUT2D eigenvalue weighted by Gasteiger charge is -2.38. The number of aliphatic hydroxyl groups is 1. The van der Waals surface area contributed by atoms with Gasteiger partial charge in [-0.2, -0.15) is 4.31 Å². The summed E-state index contributed by atoms with van der Waals surface area (Å²) in [6, 6.07) is 10.4. The van der Waals surface area contributed by atoms with E-state index in [9.17, 15) is 31.8 Å². The van der Waals surface area contributed by atoms with Gasteiger partial charge in [-0.15, -0.1) is 0 Å². The molecule has 1 amide bonds. The van der Waals surface area contributed by atoms with E-state index >= 15 is 0 Å². The summed E-state index contributed by atoms with van der Waals surface area (Å²) in [6.07, 6.45) is 0.0281. The topological polar surface area (TPSA) is 160 Å². The van der Waals surface area contributed by atoms with Gasteiger partial charge in [-0.3, -0.25) is 0 Å². The maximum atomic E-state index is 13.5. The molecule has 0 aromatic heterocycles. The molecule has 1 spiro atoms. The second kappa shape index (κ2) is 13.1. The van der Waals surface area contributed by atoms with Crippen LogP contribution in [0.2, 0.25) is 0 Å². The zero-order valence-corrected chi connectivity index (χ0v) is 27.5. The average Bonchev–Trinajstić information content (AvgIpc) is 3.79. The first kappa shape index (κ1) is 32.9. The first-order valence-corrected chi connectivity index (χ1v) is 18.3. The van der Waals surface area contributed by atoms with E-state index in [1.807, 2.05) is 0 Å². The summed E-state index contributed by atoms with van der Waals surface area (Å²) in [5, 5.41) is 20.2. The van der Waals surface area contributed by atoms with Crippen LogP contribution in [-0.2, 0) is 24.6 Å². The van der Waals surface area contributed by atoms with Gasteiger partial charge >= 0.3 is 6.09 Å². The molecule has 44 heavy (non-hydrogen) atoms. The molecule has 3 fully saturated rings. The highest BCUT2D eigenvalue weighted by atomic mass is 79.9. The molecule has 15 heteroatoms. The Morgan fingerprint density at radius 1 is 1.14 bits per heavy atom. The molecule has 242 valence electrons. The van der Waals surface area contributed by atoms with Crippen molar-refractivity contribution in [3.63, 3.8) is 0 Å². The van der Waals surface area contributed by atoms with E-state index in [1.165, 1.54) is 22.5 Å². The average molecular weight is 718 g/mol. The predicted octanol–water partition coefficient (Wildman–Crippen LogP) is 3.52. The van der Waals surface area contributed by atoms with E-state index in [1.54, 1.807) is 31.2 Å². The van der Waals surface area contributed by atoms with Crippen molar-refractivity contribution in [1.29, 1.82) is 0 Å². The fourth-order valence-corrected chi connectivity index (χ4v) is 9.57. The van der Waals surface area contributed by atoms with Crippen LogP contribution in [-0.4, -0.2) is 105 Å². The lowest BCUT2D eigenvalue weighted by atomic mass is 9.88. The number of rotatable bonds is 12. The monoisotopic (exact) mass is 716 g/mol. The number of aliphatic hydroxyl groups excluding tert-OH is 1. The van der Waals surface area contributed by atoms with Crippen LogP contribution in [0.3, 0.4) is 0 Å². The van der Waals surface area contributed by atoms with Crippen LogP contribution in [0.4, 0.5) is 4.79 Å². The smallest absolute Gasteiger partial charge is 0.407 e. The Labute approximate surface area is 266 Å². The molecule has 2 aromatic carbocycles. The third kappa shape index (κ3) is 7.18. The maximum absolute atomic E-state index is 13.5. The number of halogens is 1. The minimum atomic E-state index is -3.85. The van der Waals surface area contributed by atoms with Gasteiger partial charge in [0.2, 0.25) is 10.0 Å². The number of hydrogen-bond donors (Lipinski definition) is 2. The number of benzene rings is 2. The van der Waals surface area contributed by atoms with Gasteiger partial charge in [-0.05, 0) is 75.4 Å². The molecule has 2 aromatic rings. The summed E-state index contributed by atoms with van der Waals surface area (Å²) < 4.78 is 71.4. The van der Waals surface area contributed by atoms with Crippen molar-refractivity contribution in [2.24, 2.45) is 0 Å². The molecule has 0 bridgehead atoms. The second-order valence-corrected chi connectivity index (χ2v) is 16.4. The lowest BCUT2D eigenvalue weighted by Crippen LogP contribution is -2.48. The number of hydrogen-bond acceptors (Lipinski definition) is 9. The highest BCUT2D eigenvalue weighted by Gasteiger charge is 2.47. The molecule has 2 atom stereocenters. The zero-order valence-electron chi connectivity index (χ0n) is 24.3. The van der Waals surface area contributed by atoms with Crippen molar-refractivity contribution in [2.75, 3.05) is 39.5 Å². The van der Waals surface area contributed by atoms with Crippen molar-refractivity contribution in [2.45, 2.75) is 71.8 Å². The summed E-state index contributed by atoms with van der Waals surface area (Å²) in [4.78, 5) is 13.6. The molecule has 3 aliphatic rings. The molecule has 2 saturated heterocycles. The molecule has 1 saturated carbocycles. The van der Waals surface area contributed by atoms with E-state index in [2.05, 4.69) is 15.9 Å². The Morgan fingerprint density at radius 3 is 2.52 bits per heavy atom. The Kier molecular flexibility index (Phi) is 9.83. The van der Waals surface area contributed by atoms with E-state index in [-0.39, 0.29) is 59.4 Å². The first-order valence-electron chi connectivity index (χ1n) is 14.6. The van der Waals surface area contributed by atoms with E-state index in [4.69, 9.17) is 14.2 Å². The summed E-state index contributed by atoms with van der Waals surface area (Å²) in [6.45, 7) is 2.16. The van der Waals surface area contributed by atoms with Gasteiger partial charge in [0.05, 0.1) is 41.5 Å². The number of carboxylic acid groups (broad SMARTS) is 1. The molecule has 1 aliphatic carbocycles. The van der Waals surface area contributed by atoms with Gasteiger partial charge in [-0.25, -0.2) is 21.6 Å². The van der Waals surface area contributed by atoms with Crippen LogP contribution in [0.15, 0.2) is 56.7 Å². The summed E-state index contributed by atoms with van der Waals surface area (Å²) >= 11 is 3.34. The highest BCUT2D eigenvalue weighted by molar-refractivity contribution is 9.10. The summed E-state index contributed by atoms with van der Waals surface area (Å²) in [5.74, 6) is 0.553. The number of nitrogens with zero attached hydrogens (tertiary/aromatic N) is 2. The molecule has 5 rings (SSSR count). The van der Waals surface area contributed by atoms with Crippen molar-refractivity contribution in [3.05, 3.63) is 46.9 Å². The molecule has 12 nitrogen and oxygen atoms in total. The lowest BCUT2D eigenvalue weighted by molar-refractivity contribution is -0.0319. The van der Waals surface area contributed by atoms with Gasteiger partial charge in [0.15, 0.2) is 9.84 Å². The second-order valence-electron chi connectivity index (χ2n) is 11.4. The minimum Gasteiger partial charge on any atom is -0.492 e. The van der Waals surface area contributed by atoms with Crippen molar-refractivity contribution < 1.29 is 46.1 Å². The molecule has 2 N–H and O–H groups in total. The predicted molar refractivity (Wildman–Crippen MR) is 163 cm³/mol. The van der Waals surface area contributed by atoms with Gasteiger partial charge in [0.25, 0.3) is 0 Å². The highest BCUT2D eigenvalue weighted by Crippen LogP contribution is 2.40. The first-order chi connectivity index (χ1) is 20.8. The number of piperidine rings is 1.